The maximum atomic E-state index is 11.4. The van der Waals surface area contributed by atoms with Gasteiger partial charge in [-0.05, 0) is 85.6 Å². The summed E-state index contributed by atoms with van der Waals surface area (Å²) in [6, 6.07) is 0. The van der Waals surface area contributed by atoms with Crippen LogP contribution >= 0.6 is 0 Å². The van der Waals surface area contributed by atoms with Crippen molar-refractivity contribution in [3.05, 3.63) is 12.2 Å². The highest BCUT2D eigenvalue weighted by molar-refractivity contribution is 5.29. The van der Waals surface area contributed by atoms with Gasteiger partial charge in [0.25, 0.3) is 0 Å². The Hall–Kier alpha value is -0.380. The van der Waals surface area contributed by atoms with Crippen molar-refractivity contribution in [2.24, 2.45) is 34.0 Å². The second kappa shape index (κ2) is 5.58. The van der Waals surface area contributed by atoms with Gasteiger partial charge in [-0.2, -0.15) is 0 Å². The van der Waals surface area contributed by atoms with Gasteiger partial charge in [0.05, 0.1) is 12.2 Å². The van der Waals surface area contributed by atoms with E-state index in [-0.39, 0.29) is 11.5 Å². The molecular weight excluding hydrogens is 322 g/mol. The maximum absolute atomic E-state index is 11.4. The van der Waals surface area contributed by atoms with E-state index in [1.54, 1.807) is 0 Å². The fraction of sp³-hybridized carbons (Fsp3) is 0.913. The van der Waals surface area contributed by atoms with Gasteiger partial charge < -0.3 is 15.1 Å². The second-order valence-electron chi connectivity index (χ2n) is 10.9. The molecule has 6 aliphatic rings. The van der Waals surface area contributed by atoms with E-state index >= 15 is 0 Å². The molecule has 3 nitrogen and oxygen atoms in total. The van der Waals surface area contributed by atoms with Gasteiger partial charge in [0, 0.05) is 18.5 Å². The third-order valence-electron chi connectivity index (χ3n) is 9.82. The molecule has 2 N–H and O–H groups in total. The highest BCUT2D eigenvalue weighted by Gasteiger charge is 2.72. The van der Waals surface area contributed by atoms with Gasteiger partial charge in [-0.1, -0.05) is 26.8 Å². The Labute approximate surface area is 158 Å². The molecule has 4 bridgehead atoms. The van der Waals surface area contributed by atoms with Crippen molar-refractivity contribution < 1.29 is 10.2 Å². The van der Waals surface area contributed by atoms with Crippen LogP contribution in [-0.4, -0.2) is 47.0 Å². The standard InChI is InChI=1S/C23H37NO2/c1-4-10-24-13-21(3)7-5-8-22(14-24)17(21)12-19(25)23-9-6-16(11-18(22)23)15(2)20(23)26/h16-20,25-26H,2,4-14H2,1,3H3/t16-,17?,18?,19+,20-,21-,22-,23+/m0/s1. The van der Waals surface area contributed by atoms with Gasteiger partial charge in [0.15, 0.2) is 0 Å². The largest absolute Gasteiger partial charge is 0.392 e. The molecule has 5 saturated carbocycles. The van der Waals surface area contributed by atoms with Crippen LogP contribution in [-0.2, 0) is 0 Å². The summed E-state index contributed by atoms with van der Waals surface area (Å²) in [5.41, 5.74) is 1.36. The van der Waals surface area contributed by atoms with Crippen molar-refractivity contribution in [2.45, 2.75) is 77.4 Å². The molecule has 8 atom stereocenters. The maximum Gasteiger partial charge on any atom is 0.0834 e. The van der Waals surface area contributed by atoms with Gasteiger partial charge in [0.1, 0.15) is 0 Å². The number of piperidine rings is 1. The molecule has 0 aromatic carbocycles. The van der Waals surface area contributed by atoms with E-state index < -0.39 is 6.10 Å². The molecule has 1 aliphatic heterocycles. The van der Waals surface area contributed by atoms with E-state index in [1.165, 1.54) is 51.7 Å². The Morgan fingerprint density at radius 3 is 2.69 bits per heavy atom. The molecule has 5 aliphatic carbocycles. The van der Waals surface area contributed by atoms with Gasteiger partial charge in [-0.15, -0.1) is 0 Å². The Kier molecular flexibility index (Phi) is 3.80. The normalized spacial score (nSPS) is 56.2. The van der Waals surface area contributed by atoms with E-state index in [1.807, 2.05) is 0 Å². The summed E-state index contributed by atoms with van der Waals surface area (Å²) in [5, 5.41) is 22.7. The molecule has 2 unspecified atom stereocenters. The summed E-state index contributed by atoms with van der Waals surface area (Å²) < 4.78 is 0. The lowest BCUT2D eigenvalue weighted by atomic mass is 9.34. The summed E-state index contributed by atoms with van der Waals surface area (Å²) >= 11 is 0. The van der Waals surface area contributed by atoms with Crippen molar-refractivity contribution in [1.29, 1.82) is 0 Å². The third kappa shape index (κ3) is 1.96. The van der Waals surface area contributed by atoms with Crippen LogP contribution in [0.3, 0.4) is 0 Å². The molecule has 26 heavy (non-hydrogen) atoms. The molecule has 6 fully saturated rings. The number of nitrogens with zero attached hydrogens (tertiary/aromatic N) is 1. The number of aliphatic hydroxyl groups is 2. The average Bonchev–Trinajstić information content (AvgIpc) is 2.60. The van der Waals surface area contributed by atoms with Crippen LogP contribution in [0.15, 0.2) is 12.2 Å². The number of aliphatic hydroxyl groups excluding tert-OH is 2. The first-order valence-electron chi connectivity index (χ1n) is 11.1. The molecule has 1 spiro atoms. The highest BCUT2D eigenvalue weighted by Crippen LogP contribution is 2.73. The van der Waals surface area contributed by atoms with E-state index in [2.05, 4.69) is 25.3 Å². The predicted octanol–water partition coefficient (Wildman–Crippen LogP) is 3.60. The van der Waals surface area contributed by atoms with E-state index in [4.69, 9.17) is 0 Å². The van der Waals surface area contributed by atoms with Crippen LogP contribution in [0.4, 0.5) is 0 Å². The number of rotatable bonds is 2. The number of fused-ring (bicyclic) bond motifs is 2. The minimum Gasteiger partial charge on any atom is -0.392 e. The smallest absolute Gasteiger partial charge is 0.0834 e. The van der Waals surface area contributed by atoms with Crippen molar-refractivity contribution in [3.8, 4) is 0 Å². The molecule has 0 amide bonds. The zero-order valence-electron chi connectivity index (χ0n) is 16.7. The molecular formula is C23H37NO2. The van der Waals surface area contributed by atoms with Crippen LogP contribution < -0.4 is 0 Å². The highest BCUT2D eigenvalue weighted by atomic mass is 16.3. The van der Waals surface area contributed by atoms with E-state index in [0.717, 1.165) is 24.8 Å². The molecule has 1 heterocycles. The summed E-state index contributed by atoms with van der Waals surface area (Å²) in [4.78, 5) is 2.74. The fourth-order valence-electron chi connectivity index (χ4n) is 8.99. The SMILES string of the molecule is C=C1[C@H]2CC[C@]3(C(C2)[C@@]24CCC[C@@](C)(CN(CCC)C2)C4C[C@H]3O)[C@H]1O. The second-order valence-corrected chi connectivity index (χ2v) is 10.9. The van der Waals surface area contributed by atoms with Crippen molar-refractivity contribution in [1.82, 2.24) is 4.90 Å². The van der Waals surface area contributed by atoms with Crippen LogP contribution in [0.1, 0.15) is 65.2 Å². The van der Waals surface area contributed by atoms with Crippen molar-refractivity contribution in [3.63, 3.8) is 0 Å². The van der Waals surface area contributed by atoms with Crippen LogP contribution in [0.25, 0.3) is 0 Å². The Morgan fingerprint density at radius 2 is 1.92 bits per heavy atom. The average molecular weight is 360 g/mol. The lowest BCUT2D eigenvalue weighted by Gasteiger charge is -2.74. The molecule has 0 aromatic heterocycles. The molecule has 0 radical (unpaired) electrons. The number of hydrogen-bond donors (Lipinski definition) is 2. The molecule has 3 heteroatoms. The molecule has 1 saturated heterocycles. The quantitative estimate of drug-likeness (QED) is 0.741. The minimum atomic E-state index is -0.486. The molecule has 6 rings (SSSR count). The van der Waals surface area contributed by atoms with Crippen molar-refractivity contribution in [2.75, 3.05) is 19.6 Å². The minimum absolute atomic E-state index is 0.306. The first-order valence-corrected chi connectivity index (χ1v) is 11.1. The van der Waals surface area contributed by atoms with Crippen molar-refractivity contribution >= 4 is 0 Å². The lowest BCUT2D eigenvalue weighted by Crippen LogP contribution is -2.74. The van der Waals surface area contributed by atoms with Gasteiger partial charge in [-0.3, -0.25) is 0 Å². The van der Waals surface area contributed by atoms with Gasteiger partial charge in [0.2, 0.25) is 0 Å². The predicted molar refractivity (Wildman–Crippen MR) is 104 cm³/mol. The fourth-order valence-corrected chi connectivity index (χ4v) is 8.99. The van der Waals surface area contributed by atoms with Crippen LogP contribution in [0, 0.1) is 34.0 Å². The van der Waals surface area contributed by atoms with Gasteiger partial charge in [-0.25, -0.2) is 0 Å². The van der Waals surface area contributed by atoms with Gasteiger partial charge >= 0.3 is 0 Å². The van der Waals surface area contributed by atoms with E-state index in [0.29, 0.717) is 28.6 Å². The summed E-state index contributed by atoms with van der Waals surface area (Å²) in [6.07, 6.45) is 8.52. The number of likely N-dealkylation sites (tertiary alicyclic amines) is 1. The Balaban J connectivity index is 1.62. The zero-order valence-corrected chi connectivity index (χ0v) is 16.7. The monoisotopic (exact) mass is 359 g/mol. The number of hydrogen-bond acceptors (Lipinski definition) is 3. The third-order valence-corrected chi connectivity index (χ3v) is 9.82. The lowest BCUT2D eigenvalue weighted by molar-refractivity contribution is -0.276. The Morgan fingerprint density at radius 1 is 1.12 bits per heavy atom. The first kappa shape index (κ1) is 17.7. The zero-order chi connectivity index (χ0) is 18.3. The summed E-state index contributed by atoms with van der Waals surface area (Å²) in [6.45, 7) is 12.7. The van der Waals surface area contributed by atoms with E-state index in [9.17, 15) is 10.2 Å². The first-order chi connectivity index (χ1) is 12.4. The van der Waals surface area contributed by atoms with Crippen LogP contribution in [0.2, 0.25) is 0 Å². The molecule has 146 valence electrons. The van der Waals surface area contributed by atoms with Crippen LogP contribution in [0.5, 0.6) is 0 Å². The summed E-state index contributed by atoms with van der Waals surface area (Å²) in [7, 11) is 0. The topological polar surface area (TPSA) is 43.7 Å². The Bertz CT molecular complexity index is 619. The molecule has 0 aromatic rings. The summed E-state index contributed by atoms with van der Waals surface area (Å²) in [5.74, 6) is 1.58.